The van der Waals surface area contributed by atoms with Crippen LogP contribution in [0.5, 0.6) is 17.2 Å². The Balaban J connectivity index is 1.57. The summed E-state index contributed by atoms with van der Waals surface area (Å²) in [5, 5.41) is 2.06. The highest BCUT2D eigenvalue weighted by atomic mass is 32.1. The number of methoxy groups -OCH3 is 2. The minimum absolute atomic E-state index is 0.0375. The highest BCUT2D eigenvalue weighted by Crippen LogP contribution is 2.35. The molecule has 8 heteroatoms. The molecule has 3 aromatic rings. The Morgan fingerprint density at radius 1 is 1.03 bits per heavy atom. The number of thiophene rings is 1. The van der Waals surface area contributed by atoms with Crippen LogP contribution in [-0.4, -0.2) is 61.1 Å². The maximum Gasteiger partial charge on any atom is 0.254 e. The average molecular weight is 523 g/mol. The van der Waals surface area contributed by atoms with Crippen molar-refractivity contribution in [2.75, 3.05) is 33.9 Å². The van der Waals surface area contributed by atoms with E-state index in [4.69, 9.17) is 14.2 Å². The van der Waals surface area contributed by atoms with E-state index in [0.717, 1.165) is 12.0 Å². The molecule has 1 aliphatic heterocycles. The van der Waals surface area contributed by atoms with Crippen LogP contribution in [0.4, 0.5) is 0 Å². The first-order chi connectivity index (χ1) is 17.7. The monoisotopic (exact) mass is 522 g/mol. The molecule has 0 fully saturated rings. The van der Waals surface area contributed by atoms with Crippen molar-refractivity contribution < 1.29 is 23.8 Å². The largest absolute Gasteiger partial charge is 0.497 e. The predicted octanol–water partition coefficient (Wildman–Crippen LogP) is 5.21. The Morgan fingerprint density at radius 3 is 2.49 bits per heavy atom. The van der Waals surface area contributed by atoms with Crippen molar-refractivity contribution in [3.05, 3.63) is 76.0 Å². The van der Waals surface area contributed by atoms with E-state index in [1.165, 1.54) is 4.88 Å². The molecule has 1 unspecified atom stereocenters. The summed E-state index contributed by atoms with van der Waals surface area (Å²) < 4.78 is 16.9. The van der Waals surface area contributed by atoms with Gasteiger partial charge in [-0.25, -0.2) is 0 Å². The molecule has 0 bridgehead atoms. The lowest BCUT2D eigenvalue weighted by Crippen LogP contribution is -2.53. The molecule has 0 N–H and O–H groups in total. The molecule has 1 aromatic heterocycles. The number of hydrogen-bond acceptors (Lipinski definition) is 6. The normalized spacial score (nSPS) is 15.1. The number of hydrogen-bond donors (Lipinski definition) is 0. The number of amides is 2. The average Bonchev–Trinajstić information content (AvgIpc) is 3.38. The van der Waals surface area contributed by atoms with Crippen LogP contribution in [0.25, 0.3) is 0 Å². The fourth-order valence-electron chi connectivity index (χ4n) is 4.53. The Labute approximate surface area is 222 Å². The van der Waals surface area contributed by atoms with Crippen molar-refractivity contribution in [1.82, 2.24) is 9.80 Å². The summed E-state index contributed by atoms with van der Waals surface area (Å²) in [6, 6.07) is 16.3. The lowest BCUT2D eigenvalue weighted by Gasteiger charge is -2.40. The zero-order chi connectivity index (χ0) is 26.6. The third-order valence-corrected chi connectivity index (χ3v) is 7.54. The van der Waals surface area contributed by atoms with Crippen LogP contribution in [0, 0.1) is 0 Å². The van der Waals surface area contributed by atoms with Gasteiger partial charge in [-0.05, 0) is 74.5 Å². The number of fused-ring (bicyclic) bond motifs is 1. The van der Waals surface area contributed by atoms with Gasteiger partial charge in [0.15, 0.2) is 11.5 Å². The Hall–Kier alpha value is -3.52. The molecule has 0 radical (unpaired) electrons. The number of benzene rings is 2. The minimum atomic E-state index is -0.567. The molecule has 7 nitrogen and oxygen atoms in total. The fraction of sp³-hybridized carbons (Fsp3) is 0.379. The second-order valence-corrected chi connectivity index (χ2v) is 10.9. The third-order valence-electron chi connectivity index (χ3n) is 6.55. The molecular formula is C29H34N2O5S. The molecule has 2 amide bonds. The van der Waals surface area contributed by atoms with Gasteiger partial charge in [-0.2, -0.15) is 0 Å². The zero-order valence-electron chi connectivity index (χ0n) is 22.0. The first kappa shape index (κ1) is 26.5. The molecule has 196 valence electrons. The van der Waals surface area contributed by atoms with Crippen LogP contribution in [0.2, 0.25) is 0 Å². The Bertz CT molecular complexity index is 1250. The Morgan fingerprint density at radius 2 is 1.78 bits per heavy atom. The van der Waals surface area contributed by atoms with Gasteiger partial charge in [0.05, 0.1) is 20.3 Å². The molecule has 0 aliphatic carbocycles. The number of carbonyl (C=O) groups excluding carboxylic acids is 2. The van der Waals surface area contributed by atoms with E-state index in [1.807, 2.05) is 49.9 Å². The number of nitrogens with zero attached hydrogens (tertiary/aromatic N) is 2. The quantitative estimate of drug-likeness (QED) is 0.406. The van der Waals surface area contributed by atoms with Gasteiger partial charge in [-0.3, -0.25) is 9.59 Å². The van der Waals surface area contributed by atoms with Gasteiger partial charge in [0, 0.05) is 22.5 Å². The first-order valence-corrected chi connectivity index (χ1v) is 13.2. The van der Waals surface area contributed by atoms with Crippen LogP contribution >= 0.6 is 11.3 Å². The predicted molar refractivity (Wildman–Crippen MR) is 145 cm³/mol. The van der Waals surface area contributed by atoms with Crippen molar-refractivity contribution >= 4 is 23.2 Å². The molecule has 1 atom stereocenters. The summed E-state index contributed by atoms with van der Waals surface area (Å²) in [6.07, 6.45) is 0.781. The van der Waals surface area contributed by atoms with Gasteiger partial charge < -0.3 is 24.0 Å². The summed E-state index contributed by atoms with van der Waals surface area (Å²) in [6.45, 7) is 6.63. The maximum atomic E-state index is 13.8. The van der Waals surface area contributed by atoms with Gasteiger partial charge in [0.1, 0.15) is 18.9 Å². The van der Waals surface area contributed by atoms with E-state index >= 15 is 0 Å². The topological polar surface area (TPSA) is 68.3 Å². The molecule has 37 heavy (non-hydrogen) atoms. The fourth-order valence-corrected chi connectivity index (χ4v) is 5.46. The van der Waals surface area contributed by atoms with Crippen molar-refractivity contribution in [3.8, 4) is 17.2 Å². The molecule has 2 aromatic carbocycles. The van der Waals surface area contributed by atoms with E-state index in [2.05, 4.69) is 11.4 Å². The number of ether oxygens (including phenoxy) is 3. The summed E-state index contributed by atoms with van der Waals surface area (Å²) in [5.41, 5.74) is 1.01. The van der Waals surface area contributed by atoms with E-state index in [9.17, 15) is 9.59 Å². The molecule has 4 rings (SSSR count). The van der Waals surface area contributed by atoms with Crippen LogP contribution in [0.15, 0.2) is 60.0 Å². The maximum absolute atomic E-state index is 13.8. The molecular weight excluding hydrogens is 488 g/mol. The van der Waals surface area contributed by atoms with E-state index in [-0.39, 0.29) is 31.0 Å². The summed E-state index contributed by atoms with van der Waals surface area (Å²) >= 11 is 1.70. The Kier molecular flexibility index (Phi) is 8.07. The molecule has 0 spiro atoms. The van der Waals surface area contributed by atoms with Gasteiger partial charge in [-0.15, -0.1) is 11.3 Å². The first-order valence-electron chi connectivity index (χ1n) is 12.3. The second-order valence-electron chi connectivity index (χ2n) is 9.91. The van der Waals surface area contributed by atoms with E-state index in [1.54, 1.807) is 54.7 Å². The van der Waals surface area contributed by atoms with Gasteiger partial charge in [0.25, 0.3) is 5.91 Å². The van der Waals surface area contributed by atoms with E-state index < -0.39 is 5.54 Å². The zero-order valence-corrected chi connectivity index (χ0v) is 22.8. The standard InChI is InChI=1S/C29H34N2O5S/c1-29(2,3)31(28(33)20-9-8-10-21(17-20)34-4)18-27(32)30-15-13-26-22(14-16-37-26)23(30)19-36-25-12-7-6-11-24(25)35-5/h6-12,14,16-17,23H,13,15,18-19H2,1-5H3. The smallest absolute Gasteiger partial charge is 0.254 e. The second kappa shape index (κ2) is 11.3. The van der Waals surface area contributed by atoms with Crippen molar-refractivity contribution in [2.24, 2.45) is 0 Å². The highest BCUT2D eigenvalue weighted by Gasteiger charge is 2.36. The molecule has 2 heterocycles. The molecule has 0 saturated carbocycles. The van der Waals surface area contributed by atoms with Crippen molar-refractivity contribution in [3.63, 3.8) is 0 Å². The van der Waals surface area contributed by atoms with Crippen molar-refractivity contribution in [2.45, 2.75) is 38.8 Å². The number of carbonyl (C=O) groups is 2. The van der Waals surface area contributed by atoms with Crippen molar-refractivity contribution in [1.29, 1.82) is 0 Å². The van der Waals surface area contributed by atoms with E-state index in [0.29, 0.717) is 29.4 Å². The minimum Gasteiger partial charge on any atom is -0.497 e. The molecule has 0 saturated heterocycles. The summed E-state index contributed by atoms with van der Waals surface area (Å²) in [7, 11) is 3.17. The number of rotatable bonds is 8. The van der Waals surface area contributed by atoms with Gasteiger partial charge >= 0.3 is 0 Å². The summed E-state index contributed by atoms with van der Waals surface area (Å²) in [5.74, 6) is 1.54. The summed E-state index contributed by atoms with van der Waals surface area (Å²) in [4.78, 5) is 32.1. The third kappa shape index (κ3) is 5.91. The van der Waals surface area contributed by atoms with Crippen LogP contribution in [-0.2, 0) is 11.2 Å². The van der Waals surface area contributed by atoms with Crippen LogP contribution in [0.3, 0.4) is 0 Å². The molecule has 1 aliphatic rings. The SMILES string of the molecule is COc1cccc(C(=O)N(CC(=O)N2CCc3sccc3C2COc2ccccc2OC)C(C)(C)C)c1. The van der Waals surface area contributed by atoms with Gasteiger partial charge in [0.2, 0.25) is 5.91 Å². The highest BCUT2D eigenvalue weighted by molar-refractivity contribution is 7.10. The lowest BCUT2D eigenvalue weighted by atomic mass is 9.99. The van der Waals surface area contributed by atoms with Gasteiger partial charge in [-0.1, -0.05) is 18.2 Å². The lowest BCUT2D eigenvalue weighted by molar-refractivity contribution is -0.136. The number of para-hydroxylation sites is 2. The van der Waals surface area contributed by atoms with Crippen LogP contribution < -0.4 is 14.2 Å². The van der Waals surface area contributed by atoms with Crippen LogP contribution in [0.1, 0.15) is 47.6 Å².